The molecule has 0 aliphatic carbocycles. The molecular weight excluding hydrogens is 332 g/mol. The average molecular weight is 345 g/mol. The smallest absolute Gasteiger partial charge is 0.387 e. The lowest BCUT2D eigenvalue weighted by atomic mass is 10.1. The molecule has 25 heavy (non-hydrogen) atoms. The number of carbonyl (C=O) groups excluding carboxylic acids is 2. The molecule has 0 saturated carbocycles. The van der Waals surface area contributed by atoms with Crippen molar-refractivity contribution in [1.82, 2.24) is 0 Å². The Morgan fingerprint density at radius 2 is 1.56 bits per heavy atom. The summed E-state index contributed by atoms with van der Waals surface area (Å²) in [6.45, 7) is -1.54. The summed E-state index contributed by atoms with van der Waals surface area (Å²) >= 11 is 0. The number of nitriles is 1. The molecule has 7 heteroatoms. The van der Waals surface area contributed by atoms with E-state index in [4.69, 9.17) is 10.00 Å². The topological polar surface area (TPSA) is 76.4 Å². The highest BCUT2D eigenvalue weighted by molar-refractivity contribution is 6.01. The van der Waals surface area contributed by atoms with Crippen LogP contribution in [0.5, 0.6) is 5.75 Å². The number of Topliss-reactive ketones (excluding diaryl/α,β-unsaturated/α-hetero) is 1. The van der Waals surface area contributed by atoms with Gasteiger partial charge in [0, 0.05) is 5.56 Å². The second-order valence-electron chi connectivity index (χ2n) is 5.00. The van der Waals surface area contributed by atoms with Crippen LogP contribution in [0.2, 0.25) is 0 Å². The zero-order valence-corrected chi connectivity index (χ0v) is 13.1. The quantitative estimate of drug-likeness (QED) is 0.591. The Kier molecular flexibility index (Phi) is 5.79. The first-order valence-corrected chi connectivity index (χ1v) is 7.21. The van der Waals surface area contributed by atoms with Crippen molar-refractivity contribution in [2.75, 3.05) is 0 Å². The van der Waals surface area contributed by atoms with Crippen molar-refractivity contribution in [1.29, 1.82) is 5.26 Å². The monoisotopic (exact) mass is 345 g/mol. The van der Waals surface area contributed by atoms with Gasteiger partial charge in [0.1, 0.15) is 5.75 Å². The minimum absolute atomic E-state index is 0.0752. The summed E-state index contributed by atoms with van der Waals surface area (Å²) in [5.74, 6) is -1.26. The Bertz CT molecular complexity index is 795. The van der Waals surface area contributed by atoms with Gasteiger partial charge in [-0.1, -0.05) is 0 Å². The van der Waals surface area contributed by atoms with E-state index in [-0.39, 0.29) is 16.9 Å². The van der Waals surface area contributed by atoms with Crippen molar-refractivity contribution in [2.24, 2.45) is 0 Å². The second kappa shape index (κ2) is 8.02. The third kappa shape index (κ3) is 4.85. The van der Waals surface area contributed by atoms with Crippen LogP contribution in [0, 0.1) is 11.3 Å². The number of esters is 1. The molecule has 0 bridgehead atoms. The number of ketones is 1. The van der Waals surface area contributed by atoms with E-state index in [0.29, 0.717) is 5.56 Å². The molecule has 5 nitrogen and oxygen atoms in total. The standard InChI is InChI=1S/C18H13F2NO4/c1-11(24-17(23)14-4-2-12(10-21)3-5-14)16(22)13-6-8-15(9-7-13)25-18(19)20/h2-9,11,18H,1H3/t11-/m0/s1. The highest BCUT2D eigenvalue weighted by Crippen LogP contribution is 2.17. The molecule has 0 amide bonds. The zero-order chi connectivity index (χ0) is 18.4. The van der Waals surface area contributed by atoms with Crippen molar-refractivity contribution >= 4 is 11.8 Å². The van der Waals surface area contributed by atoms with Crippen LogP contribution in [-0.4, -0.2) is 24.5 Å². The van der Waals surface area contributed by atoms with Gasteiger partial charge in [0.05, 0.1) is 17.2 Å². The van der Waals surface area contributed by atoms with Crippen LogP contribution in [0.4, 0.5) is 8.78 Å². The summed E-state index contributed by atoms with van der Waals surface area (Å²) < 4.78 is 33.5. The molecule has 1 atom stereocenters. The lowest BCUT2D eigenvalue weighted by molar-refractivity contribution is -0.0498. The number of hydrogen-bond donors (Lipinski definition) is 0. The number of benzene rings is 2. The molecule has 0 aliphatic rings. The van der Waals surface area contributed by atoms with Crippen molar-refractivity contribution < 1.29 is 27.8 Å². The molecule has 2 aromatic rings. The normalized spacial score (nSPS) is 11.5. The fourth-order valence-electron chi connectivity index (χ4n) is 2.00. The van der Waals surface area contributed by atoms with Crippen LogP contribution in [0.15, 0.2) is 48.5 Å². The molecule has 0 aromatic heterocycles. The molecule has 0 heterocycles. The van der Waals surface area contributed by atoms with E-state index in [2.05, 4.69) is 4.74 Å². The molecule has 0 spiro atoms. The van der Waals surface area contributed by atoms with Crippen LogP contribution in [0.1, 0.15) is 33.2 Å². The van der Waals surface area contributed by atoms with Gasteiger partial charge in [-0.05, 0) is 55.5 Å². The van der Waals surface area contributed by atoms with Gasteiger partial charge in [-0.2, -0.15) is 14.0 Å². The van der Waals surface area contributed by atoms with E-state index < -0.39 is 24.5 Å². The first-order valence-electron chi connectivity index (χ1n) is 7.21. The van der Waals surface area contributed by atoms with Gasteiger partial charge < -0.3 is 9.47 Å². The van der Waals surface area contributed by atoms with Crippen LogP contribution < -0.4 is 4.74 Å². The summed E-state index contributed by atoms with van der Waals surface area (Å²) in [6, 6.07) is 12.8. The molecular formula is C18H13F2NO4. The lowest BCUT2D eigenvalue weighted by Gasteiger charge is -2.13. The Hall–Kier alpha value is -3.27. The van der Waals surface area contributed by atoms with Crippen molar-refractivity contribution in [2.45, 2.75) is 19.6 Å². The molecule has 0 fully saturated rings. The number of nitrogens with zero attached hydrogens (tertiary/aromatic N) is 1. The maximum atomic E-state index is 12.2. The third-order valence-corrected chi connectivity index (χ3v) is 3.27. The van der Waals surface area contributed by atoms with Crippen LogP contribution in [0.3, 0.4) is 0 Å². The van der Waals surface area contributed by atoms with Gasteiger partial charge in [-0.25, -0.2) is 4.79 Å². The predicted octanol–water partition coefficient (Wildman–Crippen LogP) is 3.59. The minimum atomic E-state index is -2.95. The molecule has 0 unspecified atom stereocenters. The number of ether oxygens (including phenoxy) is 2. The molecule has 0 radical (unpaired) electrons. The summed E-state index contributed by atoms with van der Waals surface area (Å²) in [7, 11) is 0. The number of alkyl halides is 2. The molecule has 0 aliphatic heterocycles. The van der Waals surface area contributed by atoms with E-state index in [1.807, 2.05) is 6.07 Å². The van der Waals surface area contributed by atoms with Crippen LogP contribution in [-0.2, 0) is 4.74 Å². The van der Waals surface area contributed by atoms with Gasteiger partial charge in [-0.15, -0.1) is 0 Å². The van der Waals surface area contributed by atoms with Gasteiger partial charge >= 0.3 is 12.6 Å². The molecule has 128 valence electrons. The minimum Gasteiger partial charge on any atom is -0.451 e. The summed E-state index contributed by atoms with van der Waals surface area (Å²) in [6.07, 6.45) is -1.06. The fourth-order valence-corrected chi connectivity index (χ4v) is 2.00. The van der Waals surface area contributed by atoms with Gasteiger partial charge in [-0.3, -0.25) is 4.79 Å². The zero-order valence-electron chi connectivity index (χ0n) is 13.1. The summed E-state index contributed by atoms with van der Waals surface area (Å²) in [5.41, 5.74) is 0.799. The largest absolute Gasteiger partial charge is 0.451 e. The Morgan fingerprint density at radius 3 is 2.08 bits per heavy atom. The maximum absolute atomic E-state index is 12.2. The van der Waals surface area contributed by atoms with E-state index in [1.54, 1.807) is 0 Å². The lowest BCUT2D eigenvalue weighted by Crippen LogP contribution is -2.24. The van der Waals surface area contributed by atoms with E-state index in [9.17, 15) is 18.4 Å². The number of rotatable bonds is 6. The highest BCUT2D eigenvalue weighted by Gasteiger charge is 2.20. The Balaban J connectivity index is 2.01. The van der Waals surface area contributed by atoms with Crippen molar-refractivity contribution in [3.8, 4) is 11.8 Å². The van der Waals surface area contributed by atoms with Gasteiger partial charge in [0.2, 0.25) is 5.78 Å². The van der Waals surface area contributed by atoms with Gasteiger partial charge in [0.25, 0.3) is 0 Å². The maximum Gasteiger partial charge on any atom is 0.387 e. The predicted molar refractivity (Wildman–Crippen MR) is 83.4 cm³/mol. The molecule has 0 N–H and O–H groups in total. The number of halogens is 2. The average Bonchev–Trinajstić information content (AvgIpc) is 2.61. The summed E-state index contributed by atoms with van der Waals surface area (Å²) in [5, 5.41) is 8.72. The van der Waals surface area contributed by atoms with E-state index in [1.165, 1.54) is 55.5 Å². The molecule has 0 saturated heterocycles. The van der Waals surface area contributed by atoms with Crippen molar-refractivity contribution in [3.05, 3.63) is 65.2 Å². The molecule has 2 rings (SSSR count). The first-order chi connectivity index (χ1) is 11.9. The highest BCUT2D eigenvalue weighted by atomic mass is 19.3. The SMILES string of the molecule is C[C@H](OC(=O)c1ccc(C#N)cc1)C(=O)c1ccc(OC(F)F)cc1. The van der Waals surface area contributed by atoms with Crippen LogP contribution >= 0.6 is 0 Å². The van der Waals surface area contributed by atoms with E-state index >= 15 is 0 Å². The molecule has 2 aromatic carbocycles. The Labute approximate surface area is 142 Å². The fraction of sp³-hybridized carbons (Fsp3) is 0.167. The number of hydrogen-bond acceptors (Lipinski definition) is 5. The third-order valence-electron chi connectivity index (χ3n) is 3.27. The van der Waals surface area contributed by atoms with Crippen LogP contribution in [0.25, 0.3) is 0 Å². The first kappa shape index (κ1) is 18.1. The van der Waals surface area contributed by atoms with E-state index in [0.717, 1.165) is 0 Å². The number of carbonyl (C=O) groups is 2. The van der Waals surface area contributed by atoms with Crippen molar-refractivity contribution in [3.63, 3.8) is 0 Å². The Morgan fingerprint density at radius 1 is 1.00 bits per heavy atom. The van der Waals surface area contributed by atoms with Gasteiger partial charge in [0.15, 0.2) is 6.10 Å². The second-order valence-corrected chi connectivity index (χ2v) is 5.00. The summed E-state index contributed by atoms with van der Waals surface area (Å²) in [4.78, 5) is 24.2.